The SMILES string of the molecule is CCN(C(=O)c1cc(F)ccc1Oc1nncnc1N1CC(C2(N(C)Cc3cc(C#N)n(C)n3)CC2)C1)C(C)C. The van der Waals surface area contributed by atoms with Crippen LogP contribution < -0.4 is 9.64 Å². The van der Waals surface area contributed by atoms with Crippen LogP contribution >= 0.6 is 0 Å². The molecule has 0 atom stereocenters. The fourth-order valence-corrected chi connectivity index (χ4v) is 5.63. The lowest BCUT2D eigenvalue weighted by molar-refractivity contribution is 0.0713. The highest BCUT2D eigenvalue weighted by Crippen LogP contribution is 2.52. The Bertz CT molecular complexity index is 1440. The molecule has 12 heteroatoms. The van der Waals surface area contributed by atoms with Gasteiger partial charge in [0.2, 0.25) is 0 Å². The van der Waals surface area contributed by atoms with E-state index >= 15 is 0 Å². The van der Waals surface area contributed by atoms with E-state index in [9.17, 15) is 14.4 Å². The molecule has 3 heterocycles. The van der Waals surface area contributed by atoms with E-state index in [1.807, 2.05) is 26.8 Å². The minimum absolute atomic E-state index is 0.0562. The number of halogens is 1. The first-order chi connectivity index (χ1) is 19.2. The number of carbonyl (C=O) groups is 1. The summed E-state index contributed by atoms with van der Waals surface area (Å²) in [4.78, 5) is 23.8. The van der Waals surface area contributed by atoms with Gasteiger partial charge in [-0.05, 0) is 64.9 Å². The van der Waals surface area contributed by atoms with Gasteiger partial charge in [-0.15, -0.1) is 10.2 Å². The molecule has 2 fully saturated rings. The zero-order valence-corrected chi connectivity index (χ0v) is 23.5. The topological polar surface area (TPSA) is 116 Å². The molecule has 3 aromatic rings. The van der Waals surface area contributed by atoms with Crippen LogP contribution in [-0.4, -0.2) is 78.9 Å². The molecular formula is C28H34FN9O2. The third-order valence-electron chi connectivity index (χ3n) is 8.08. The number of amides is 1. The van der Waals surface area contributed by atoms with Gasteiger partial charge in [-0.3, -0.25) is 14.4 Å². The van der Waals surface area contributed by atoms with Crippen molar-refractivity contribution in [1.82, 2.24) is 34.8 Å². The monoisotopic (exact) mass is 547 g/mol. The Kier molecular flexibility index (Phi) is 7.42. The average molecular weight is 548 g/mol. The number of aromatic nitrogens is 5. The number of nitrogens with zero attached hydrogens (tertiary/aromatic N) is 9. The minimum Gasteiger partial charge on any atom is -0.434 e. The highest BCUT2D eigenvalue weighted by molar-refractivity contribution is 5.97. The third-order valence-corrected chi connectivity index (χ3v) is 8.08. The van der Waals surface area contributed by atoms with Crippen molar-refractivity contribution >= 4 is 11.7 Å². The summed E-state index contributed by atoms with van der Waals surface area (Å²) < 4.78 is 21.9. The maximum Gasteiger partial charge on any atom is 0.282 e. The Labute approximate surface area is 233 Å². The second-order valence-electron chi connectivity index (χ2n) is 10.8. The van der Waals surface area contributed by atoms with Crippen LogP contribution in [0.2, 0.25) is 0 Å². The fourth-order valence-electron chi connectivity index (χ4n) is 5.63. The molecule has 40 heavy (non-hydrogen) atoms. The van der Waals surface area contributed by atoms with Gasteiger partial charge in [0.05, 0.1) is 11.3 Å². The smallest absolute Gasteiger partial charge is 0.282 e. The Balaban J connectivity index is 1.30. The first-order valence-corrected chi connectivity index (χ1v) is 13.5. The van der Waals surface area contributed by atoms with Gasteiger partial charge in [0.25, 0.3) is 11.8 Å². The Hall–Kier alpha value is -4.11. The van der Waals surface area contributed by atoms with E-state index in [1.54, 1.807) is 16.6 Å². The second-order valence-corrected chi connectivity index (χ2v) is 10.8. The standard InChI is InChI=1S/C28H34FN9O2/c1-6-38(18(2)3)27(39)23-11-20(29)7-8-24(23)40-26-25(31-17-32-33-26)37-14-19(15-37)28(9-10-28)35(4)16-21-12-22(13-30)36(5)34-21/h7-8,11-12,17-19H,6,9-10,14-16H2,1-5H3. The van der Waals surface area contributed by atoms with E-state index in [0.717, 1.165) is 31.6 Å². The number of nitriles is 1. The summed E-state index contributed by atoms with van der Waals surface area (Å²) in [7, 11) is 3.89. The van der Waals surface area contributed by atoms with Gasteiger partial charge < -0.3 is 14.5 Å². The molecule has 11 nitrogen and oxygen atoms in total. The fraction of sp³-hybridized carbons (Fsp3) is 0.500. The molecule has 0 radical (unpaired) electrons. The van der Waals surface area contributed by atoms with Gasteiger partial charge in [-0.25, -0.2) is 9.37 Å². The molecule has 1 saturated carbocycles. The molecule has 5 rings (SSSR count). The Morgan fingerprint density at radius 2 is 2.05 bits per heavy atom. The highest BCUT2D eigenvalue weighted by Gasteiger charge is 2.56. The second kappa shape index (κ2) is 10.8. The van der Waals surface area contributed by atoms with Crippen LogP contribution in [0, 0.1) is 23.1 Å². The number of hydrogen-bond acceptors (Lipinski definition) is 9. The largest absolute Gasteiger partial charge is 0.434 e. The quantitative estimate of drug-likeness (QED) is 0.377. The van der Waals surface area contributed by atoms with Crippen molar-refractivity contribution in [2.24, 2.45) is 13.0 Å². The van der Waals surface area contributed by atoms with E-state index in [2.05, 4.69) is 43.2 Å². The zero-order valence-electron chi connectivity index (χ0n) is 23.5. The predicted molar refractivity (Wildman–Crippen MR) is 145 cm³/mol. The summed E-state index contributed by atoms with van der Waals surface area (Å²) in [5.41, 5.74) is 1.62. The van der Waals surface area contributed by atoms with Crippen LogP contribution in [0.1, 0.15) is 55.4 Å². The van der Waals surface area contributed by atoms with Crippen molar-refractivity contribution in [2.45, 2.75) is 51.7 Å². The summed E-state index contributed by atoms with van der Waals surface area (Å²) in [6.45, 7) is 8.38. The van der Waals surface area contributed by atoms with Crippen LogP contribution in [0.5, 0.6) is 11.6 Å². The number of anilines is 1. The number of hydrogen-bond donors (Lipinski definition) is 0. The lowest BCUT2D eigenvalue weighted by Gasteiger charge is -2.47. The van der Waals surface area contributed by atoms with Gasteiger partial charge in [-0.1, -0.05) is 0 Å². The van der Waals surface area contributed by atoms with Crippen LogP contribution in [0.4, 0.5) is 10.2 Å². The lowest BCUT2D eigenvalue weighted by atomic mass is 9.88. The summed E-state index contributed by atoms with van der Waals surface area (Å²) in [6.07, 6.45) is 3.56. The predicted octanol–water partition coefficient (Wildman–Crippen LogP) is 3.38. The van der Waals surface area contributed by atoms with E-state index in [1.165, 1.54) is 24.5 Å². The molecule has 0 bridgehead atoms. The summed E-state index contributed by atoms with van der Waals surface area (Å²) in [5.74, 6) is 0.482. The van der Waals surface area contributed by atoms with Crippen LogP contribution in [-0.2, 0) is 13.6 Å². The molecule has 1 aliphatic carbocycles. The van der Waals surface area contributed by atoms with Crippen molar-refractivity contribution in [1.29, 1.82) is 5.26 Å². The first-order valence-electron chi connectivity index (χ1n) is 13.5. The molecule has 0 spiro atoms. The van der Waals surface area contributed by atoms with E-state index < -0.39 is 5.82 Å². The molecule has 1 aromatic carbocycles. The molecule has 2 aromatic heterocycles. The molecule has 1 saturated heterocycles. The number of benzene rings is 1. The molecule has 0 N–H and O–H groups in total. The number of rotatable bonds is 10. The van der Waals surface area contributed by atoms with Crippen molar-refractivity contribution < 1.29 is 13.9 Å². The minimum atomic E-state index is -0.521. The van der Waals surface area contributed by atoms with E-state index in [0.29, 0.717) is 30.5 Å². The van der Waals surface area contributed by atoms with Crippen molar-refractivity contribution in [3.63, 3.8) is 0 Å². The summed E-state index contributed by atoms with van der Waals surface area (Å²) in [5, 5.41) is 21.8. The number of ether oxygens (including phenoxy) is 1. The van der Waals surface area contributed by atoms with Crippen molar-refractivity contribution in [2.75, 3.05) is 31.6 Å². The van der Waals surface area contributed by atoms with Gasteiger partial charge in [-0.2, -0.15) is 10.4 Å². The van der Waals surface area contributed by atoms with Crippen LogP contribution in [0.15, 0.2) is 30.6 Å². The average Bonchev–Trinajstić information content (AvgIpc) is 3.62. The molecule has 1 amide bonds. The van der Waals surface area contributed by atoms with Gasteiger partial charge in [0, 0.05) is 50.7 Å². The van der Waals surface area contributed by atoms with Gasteiger partial charge >= 0.3 is 0 Å². The van der Waals surface area contributed by atoms with Gasteiger partial charge in [0.15, 0.2) is 5.82 Å². The van der Waals surface area contributed by atoms with Crippen molar-refractivity contribution in [3.8, 4) is 17.7 Å². The first kappa shape index (κ1) is 27.5. The molecule has 1 aliphatic heterocycles. The molecule has 0 unspecified atom stereocenters. The summed E-state index contributed by atoms with van der Waals surface area (Å²) >= 11 is 0. The van der Waals surface area contributed by atoms with E-state index in [4.69, 9.17) is 4.74 Å². The molecule has 210 valence electrons. The molecule has 2 aliphatic rings. The maximum absolute atomic E-state index is 14.2. The third kappa shape index (κ3) is 5.09. The Morgan fingerprint density at radius 3 is 2.67 bits per heavy atom. The van der Waals surface area contributed by atoms with Crippen LogP contribution in [0.25, 0.3) is 0 Å². The Morgan fingerprint density at radius 1 is 1.30 bits per heavy atom. The highest BCUT2D eigenvalue weighted by atomic mass is 19.1. The number of aryl methyl sites for hydroxylation is 1. The lowest BCUT2D eigenvalue weighted by Crippen LogP contribution is -2.57. The van der Waals surface area contributed by atoms with Crippen LogP contribution in [0.3, 0.4) is 0 Å². The van der Waals surface area contributed by atoms with E-state index in [-0.39, 0.29) is 34.7 Å². The molecular weight excluding hydrogens is 513 g/mol. The number of carbonyl (C=O) groups excluding carboxylic acids is 1. The van der Waals surface area contributed by atoms with Crippen molar-refractivity contribution in [3.05, 3.63) is 53.4 Å². The maximum atomic E-state index is 14.2. The van der Waals surface area contributed by atoms with Gasteiger partial charge in [0.1, 0.15) is 29.7 Å². The normalized spacial score (nSPS) is 16.1. The summed E-state index contributed by atoms with van der Waals surface area (Å²) in [6, 6.07) is 7.84. The zero-order chi connectivity index (χ0) is 28.6.